The van der Waals surface area contributed by atoms with Crippen LogP contribution in [0.25, 0.3) is 0 Å². The molecular formula is C16H19ClFN3O. The quantitative estimate of drug-likeness (QED) is 0.917. The lowest BCUT2D eigenvalue weighted by Gasteiger charge is -2.14. The van der Waals surface area contributed by atoms with Gasteiger partial charge in [-0.25, -0.2) is 4.39 Å². The van der Waals surface area contributed by atoms with Crippen LogP contribution in [0.2, 0.25) is 5.02 Å². The van der Waals surface area contributed by atoms with Crippen molar-refractivity contribution < 1.29 is 9.18 Å². The van der Waals surface area contributed by atoms with Gasteiger partial charge >= 0.3 is 0 Å². The van der Waals surface area contributed by atoms with Crippen molar-refractivity contribution in [1.29, 1.82) is 0 Å². The first-order valence-electron chi connectivity index (χ1n) is 7.11. The van der Waals surface area contributed by atoms with Gasteiger partial charge in [0.15, 0.2) is 0 Å². The third kappa shape index (κ3) is 4.07. The predicted octanol–water partition coefficient (Wildman–Crippen LogP) is 3.36. The molecule has 22 heavy (non-hydrogen) atoms. The van der Waals surface area contributed by atoms with E-state index in [1.165, 1.54) is 12.1 Å². The molecule has 0 aliphatic carbocycles. The van der Waals surface area contributed by atoms with Crippen molar-refractivity contribution in [2.75, 3.05) is 6.54 Å². The summed E-state index contributed by atoms with van der Waals surface area (Å²) in [5.41, 5.74) is 2.05. The largest absolute Gasteiger partial charge is 0.352 e. The number of hydrogen-bond acceptors (Lipinski definition) is 2. The van der Waals surface area contributed by atoms with Crippen molar-refractivity contribution in [3.05, 3.63) is 52.1 Å². The number of benzene rings is 1. The molecule has 0 radical (unpaired) electrons. The van der Waals surface area contributed by atoms with Gasteiger partial charge in [0.2, 0.25) is 0 Å². The lowest BCUT2D eigenvalue weighted by molar-refractivity contribution is 0.0942. The maximum Gasteiger partial charge on any atom is 0.254 e. The van der Waals surface area contributed by atoms with Crippen molar-refractivity contribution in [3.8, 4) is 0 Å². The molecule has 118 valence electrons. The number of amides is 1. The van der Waals surface area contributed by atoms with E-state index in [0.717, 1.165) is 17.5 Å². The Kier molecular flexibility index (Phi) is 5.19. The minimum atomic E-state index is -0.615. The molecule has 1 aromatic heterocycles. The number of carbonyl (C=O) groups excluding carboxylic acids is 1. The molecule has 0 aliphatic heterocycles. The zero-order valence-electron chi connectivity index (χ0n) is 12.9. The number of rotatable bonds is 5. The highest BCUT2D eigenvalue weighted by Crippen LogP contribution is 2.14. The third-order valence-corrected chi connectivity index (χ3v) is 3.61. The Morgan fingerprint density at radius 3 is 2.73 bits per heavy atom. The average Bonchev–Trinajstić information content (AvgIpc) is 2.74. The van der Waals surface area contributed by atoms with Crippen LogP contribution in [-0.2, 0) is 6.54 Å². The zero-order valence-corrected chi connectivity index (χ0v) is 13.6. The molecule has 0 saturated heterocycles. The predicted molar refractivity (Wildman–Crippen MR) is 84.6 cm³/mol. The fraction of sp³-hybridized carbons (Fsp3) is 0.375. The molecule has 1 N–H and O–H groups in total. The van der Waals surface area contributed by atoms with E-state index in [0.29, 0.717) is 13.1 Å². The zero-order chi connectivity index (χ0) is 16.3. The van der Waals surface area contributed by atoms with E-state index < -0.39 is 11.7 Å². The summed E-state index contributed by atoms with van der Waals surface area (Å²) in [7, 11) is 0. The van der Waals surface area contributed by atoms with Gasteiger partial charge in [0.05, 0.1) is 11.3 Å². The summed E-state index contributed by atoms with van der Waals surface area (Å²) < 4.78 is 15.6. The van der Waals surface area contributed by atoms with E-state index in [1.807, 2.05) is 31.5 Å². The van der Waals surface area contributed by atoms with Crippen LogP contribution < -0.4 is 5.32 Å². The molecule has 2 aromatic rings. The topological polar surface area (TPSA) is 46.9 Å². The Hall–Kier alpha value is -1.88. The van der Waals surface area contributed by atoms with Crippen LogP contribution in [0.1, 0.15) is 28.7 Å². The summed E-state index contributed by atoms with van der Waals surface area (Å²) in [6.07, 6.45) is 0. The number of nitrogens with one attached hydrogen (secondary N) is 1. The summed E-state index contributed by atoms with van der Waals surface area (Å²) in [4.78, 5) is 12.0. The Labute approximate surface area is 134 Å². The van der Waals surface area contributed by atoms with Crippen molar-refractivity contribution in [2.24, 2.45) is 5.92 Å². The molecule has 2 rings (SSSR count). The lowest BCUT2D eigenvalue weighted by atomic mass is 10.1. The fourth-order valence-corrected chi connectivity index (χ4v) is 2.41. The molecule has 0 fully saturated rings. The summed E-state index contributed by atoms with van der Waals surface area (Å²) in [6.45, 7) is 7.09. The highest BCUT2D eigenvalue weighted by atomic mass is 35.5. The van der Waals surface area contributed by atoms with E-state index in [9.17, 15) is 9.18 Å². The Balaban J connectivity index is 1.91. The van der Waals surface area contributed by atoms with Gasteiger partial charge in [0.25, 0.3) is 5.91 Å². The summed E-state index contributed by atoms with van der Waals surface area (Å²) in [5, 5.41) is 7.40. The number of aryl methyl sites for hydroxylation is 2. The third-order valence-electron chi connectivity index (χ3n) is 3.37. The second-order valence-electron chi connectivity index (χ2n) is 5.55. The molecule has 1 atom stereocenters. The van der Waals surface area contributed by atoms with Gasteiger partial charge < -0.3 is 5.32 Å². The molecule has 6 heteroatoms. The minimum Gasteiger partial charge on any atom is -0.352 e. The molecule has 1 amide bonds. The first kappa shape index (κ1) is 16.5. The highest BCUT2D eigenvalue weighted by Gasteiger charge is 2.13. The second kappa shape index (κ2) is 6.92. The standard InChI is InChI=1S/C16H19ClFN3O/c1-10(9-21-12(3)6-11(2)20-21)8-19-16(22)14-5-4-13(17)7-15(14)18/h4-7,10H,8-9H2,1-3H3,(H,19,22). The monoisotopic (exact) mass is 323 g/mol. The number of carbonyl (C=O) groups is 1. The molecule has 4 nitrogen and oxygen atoms in total. The SMILES string of the molecule is Cc1cc(C)n(CC(C)CNC(=O)c2ccc(Cl)cc2F)n1. The summed E-state index contributed by atoms with van der Waals surface area (Å²) >= 11 is 5.67. The molecule has 0 bridgehead atoms. The van der Waals surface area contributed by atoms with E-state index >= 15 is 0 Å². The first-order valence-corrected chi connectivity index (χ1v) is 7.49. The van der Waals surface area contributed by atoms with Gasteiger partial charge in [-0.2, -0.15) is 5.10 Å². The van der Waals surface area contributed by atoms with Crippen molar-refractivity contribution >= 4 is 17.5 Å². The van der Waals surface area contributed by atoms with Gasteiger partial charge in [-0.05, 0) is 44.0 Å². The molecule has 1 heterocycles. The smallest absolute Gasteiger partial charge is 0.254 e. The van der Waals surface area contributed by atoms with Crippen LogP contribution in [0.5, 0.6) is 0 Å². The highest BCUT2D eigenvalue weighted by molar-refractivity contribution is 6.30. The molecule has 0 saturated carbocycles. The van der Waals surface area contributed by atoms with E-state index in [1.54, 1.807) is 0 Å². The lowest BCUT2D eigenvalue weighted by Crippen LogP contribution is -2.30. The van der Waals surface area contributed by atoms with Gasteiger partial charge in [-0.1, -0.05) is 18.5 Å². The Morgan fingerprint density at radius 1 is 1.41 bits per heavy atom. The molecule has 0 spiro atoms. The summed E-state index contributed by atoms with van der Waals surface area (Å²) in [6, 6.07) is 6.03. The van der Waals surface area contributed by atoms with Gasteiger partial charge in [0, 0.05) is 23.8 Å². The first-order chi connectivity index (χ1) is 10.4. The van der Waals surface area contributed by atoms with Gasteiger partial charge in [0.1, 0.15) is 5.82 Å². The minimum absolute atomic E-state index is 0.00251. The summed E-state index contributed by atoms with van der Waals surface area (Å²) in [5.74, 6) is -0.872. The molecule has 1 unspecified atom stereocenters. The van der Waals surface area contributed by atoms with Crippen molar-refractivity contribution in [2.45, 2.75) is 27.3 Å². The average molecular weight is 324 g/mol. The number of halogens is 2. The maximum absolute atomic E-state index is 13.7. The fourth-order valence-electron chi connectivity index (χ4n) is 2.26. The van der Waals surface area contributed by atoms with Crippen LogP contribution in [0.3, 0.4) is 0 Å². The van der Waals surface area contributed by atoms with E-state index in [4.69, 9.17) is 11.6 Å². The van der Waals surface area contributed by atoms with Gasteiger partial charge in [-0.15, -0.1) is 0 Å². The van der Waals surface area contributed by atoms with Crippen LogP contribution in [0.4, 0.5) is 4.39 Å². The second-order valence-corrected chi connectivity index (χ2v) is 5.99. The van der Waals surface area contributed by atoms with Crippen LogP contribution in [0.15, 0.2) is 24.3 Å². The molecule has 1 aromatic carbocycles. The number of hydrogen-bond donors (Lipinski definition) is 1. The maximum atomic E-state index is 13.7. The number of aromatic nitrogens is 2. The van der Waals surface area contributed by atoms with Crippen LogP contribution in [-0.4, -0.2) is 22.2 Å². The Bertz CT molecular complexity index is 684. The van der Waals surface area contributed by atoms with E-state index in [2.05, 4.69) is 10.4 Å². The Morgan fingerprint density at radius 2 is 2.14 bits per heavy atom. The van der Waals surface area contributed by atoms with Crippen LogP contribution >= 0.6 is 11.6 Å². The van der Waals surface area contributed by atoms with Gasteiger partial charge in [-0.3, -0.25) is 9.48 Å². The van der Waals surface area contributed by atoms with E-state index in [-0.39, 0.29) is 16.5 Å². The van der Waals surface area contributed by atoms with Crippen LogP contribution in [0, 0.1) is 25.6 Å². The molecule has 0 aliphatic rings. The normalized spacial score (nSPS) is 12.2. The molecular weight excluding hydrogens is 305 g/mol. The van der Waals surface area contributed by atoms with Crippen molar-refractivity contribution in [1.82, 2.24) is 15.1 Å². The van der Waals surface area contributed by atoms with Crippen molar-refractivity contribution in [3.63, 3.8) is 0 Å². The number of nitrogens with zero attached hydrogens (tertiary/aromatic N) is 2.